The molecule has 1 rings (SSSR count). The molecule has 23 heavy (non-hydrogen) atoms. The third-order valence-electron chi connectivity index (χ3n) is 3.43. The van der Waals surface area contributed by atoms with E-state index in [0.29, 0.717) is 5.57 Å². The highest BCUT2D eigenvalue weighted by molar-refractivity contribution is 5.93. The van der Waals surface area contributed by atoms with Gasteiger partial charge >= 0.3 is 0 Å². The van der Waals surface area contributed by atoms with Gasteiger partial charge in [0.05, 0.1) is 12.8 Å². The molecule has 5 N–H and O–H groups in total. The zero-order valence-electron chi connectivity index (χ0n) is 14.0. The predicted octanol–water partition coefficient (Wildman–Crippen LogP) is 1.48. The van der Waals surface area contributed by atoms with Gasteiger partial charge in [-0.1, -0.05) is 25.2 Å². The highest BCUT2D eigenvalue weighted by Crippen LogP contribution is 2.10. The Kier molecular flexibility index (Phi) is 9.70. The van der Waals surface area contributed by atoms with Crippen LogP contribution in [0.4, 0.5) is 0 Å². The molecule has 6 nitrogen and oxygen atoms in total. The largest absolute Gasteiger partial charge is 0.468 e. The van der Waals surface area contributed by atoms with Crippen LogP contribution in [0.5, 0.6) is 0 Å². The number of rotatable bonds is 11. The van der Waals surface area contributed by atoms with E-state index < -0.39 is 0 Å². The van der Waals surface area contributed by atoms with E-state index in [-0.39, 0.29) is 11.8 Å². The molecule has 0 saturated heterocycles. The number of carbonyl (C=O) groups excluding carboxylic acids is 1. The first-order valence-corrected chi connectivity index (χ1v) is 7.96. The Labute approximate surface area is 138 Å². The van der Waals surface area contributed by atoms with Crippen LogP contribution in [0.3, 0.4) is 0 Å². The number of hydrogen-bond acceptors (Lipinski definition) is 5. The van der Waals surface area contributed by atoms with Crippen LogP contribution in [0.25, 0.3) is 0 Å². The Morgan fingerprint density at radius 2 is 2.17 bits per heavy atom. The standard InChI is InChI=1S/C17H28N4O2/c1-3-4-8-16(17(22)21-18)14(2)12-19-9-6-10-20-13-15-7-5-11-23-15/h3-5,7-8,11,14,19-20H,6,9-10,12-13,18H2,1-2H3,(H,21,22)/b4-3-,16-8+. The average Bonchev–Trinajstić information content (AvgIpc) is 3.07. The molecule has 0 aliphatic carbocycles. The summed E-state index contributed by atoms with van der Waals surface area (Å²) in [5.41, 5.74) is 2.87. The molecule has 1 atom stereocenters. The van der Waals surface area contributed by atoms with Crippen molar-refractivity contribution in [3.8, 4) is 0 Å². The quantitative estimate of drug-likeness (QED) is 0.124. The van der Waals surface area contributed by atoms with E-state index >= 15 is 0 Å². The molecule has 0 aliphatic rings. The van der Waals surface area contributed by atoms with E-state index in [0.717, 1.165) is 38.4 Å². The van der Waals surface area contributed by atoms with Gasteiger partial charge in [-0.3, -0.25) is 10.2 Å². The van der Waals surface area contributed by atoms with E-state index in [1.807, 2.05) is 38.1 Å². The summed E-state index contributed by atoms with van der Waals surface area (Å²) < 4.78 is 5.25. The highest BCUT2D eigenvalue weighted by atomic mass is 16.3. The van der Waals surface area contributed by atoms with Gasteiger partial charge in [-0.05, 0) is 44.5 Å². The minimum atomic E-state index is -0.238. The normalized spacial score (nSPS) is 13.4. The Bertz CT molecular complexity index is 495. The maximum absolute atomic E-state index is 11.8. The van der Waals surface area contributed by atoms with E-state index in [1.54, 1.807) is 12.3 Å². The van der Waals surface area contributed by atoms with Gasteiger partial charge in [0.1, 0.15) is 5.76 Å². The molecule has 1 heterocycles. The van der Waals surface area contributed by atoms with Gasteiger partial charge < -0.3 is 15.1 Å². The monoisotopic (exact) mass is 320 g/mol. The molecular formula is C17H28N4O2. The first-order chi connectivity index (χ1) is 11.2. The molecule has 6 heteroatoms. The summed E-state index contributed by atoms with van der Waals surface area (Å²) >= 11 is 0. The Balaban J connectivity index is 2.18. The van der Waals surface area contributed by atoms with Crippen molar-refractivity contribution in [3.63, 3.8) is 0 Å². The van der Waals surface area contributed by atoms with Crippen molar-refractivity contribution in [2.45, 2.75) is 26.8 Å². The lowest BCUT2D eigenvalue weighted by Crippen LogP contribution is -2.36. The molecule has 1 aromatic heterocycles. The first kappa shape index (κ1) is 19.2. The molecule has 0 aliphatic heterocycles. The predicted molar refractivity (Wildman–Crippen MR) is 92.3 cm³/mol. The molecule has 1 amide bonds. The van der Waals surface area contributed by atoms with Crippen molar-refractivity contribution in [2.75, 3.05) is 19.6 Å². The average molecular weight is 320 g/mol. The van der Waals surface area contributed by atoms with Crippen molar-refractivity contribution in [1.82, 2.24) is 16.1 Å². The van der Waals surface area contributed by atoms with E-state index in [2.05, 4.69) is 16.1 Å². The van der Waals surface area contributed by atoms with Crippen molar-refractivity contribution in [1.29, 1.82) is 0 Å². The molecule has 0 saturated carbocycles. The van der Waals surface area contributed by atoms with Crippen LogP contribution < -0.4 is 21.9 Å². The minimum absolute atomic E-state index is 0.0887. The summed E-state index contributed by atoms with van der Waals surface area (Å²) in [6.45, 7) is 7.19. The Morgan fingerprint density at radius 3 is 2.83 bits per heavy atom. The lowest BCUT2D eigenvalue weighted by atomic mass is 9.99. The number of amides is 1. The molecule has 0 aromatic carbocycles. The molecule has 0 fully saturated rings. The molecule has 1 unspecified atom stereocenters. The number of nitrogens with two attached hydrogens (primary N) is 1. The van der Waals surface area contributed by atoms with Gasteiger partial charge in [-0.15, -0.1) is 0 Å². The van der Waals surface area contributed by atoms with Gasteiger partial charge in [-0.2, -0.15) is 0 Å². The molecule has 0 bridgehead atoms. The number of carbonyl (C=O) groups is 1. The van der Waals surface area contributed by atoms with Crippen LogP contribution in [-0.4, -0.2) is 25.5 Å². The maximum atomic E-state index is 11.8. The van der Waals surface area contributed by atoms with Crippen LogP contribution in [0.15, 0.2) is 46.6 Å². The van der Waals surface area contributed by atoms with E-state index in [4.69, 9.17) is 10.3 Å². The zero-order valence-corrected chi connectivity index (χ0v) is 14.0. The van der Waals surface area contributed by atoms with Crippen LogP contribution in [0.1, 0.15) is 26.0 Å². The second kappa shape index (κ2) is 11.6. The topological polar surface area (TPSA) is 92.3 Å². The van der Waals surface area contributed by atoms with Crippen LogP contribution >= 0.6 is 0 Å². The second-order valence-corrected chi connectivity index (χ2v) is 5.34. The van der Waals surface area contributed by atoms with Gasteiger partial charge in [0.2, 0.25) is 0 Å². The summed E-state index contributed by atoms with van der Waals surface area (Å²) in [5, 5.41) is 6.68. The second-order valence-electron chi connectivity index (χ2n) is 5.34. The number of hydrogen-bond donors (Lipinski definition) is 4. The fraction of sp³-hybridized carbons (Fsp3) is 0.471. The minimum Gasteiger partial charge on any atom is -0.468 e. The van der Waals surface area contributed by atoms with Gasteiger partial charge in [-0.25, -0.2) is 5.84 Å². The fourth-order valence-electron chi connectivity index (χ4n) is 2.14. The van der Waals surface area contributed by atoms with Crippen LogP contribution in [0.2, 0.25) is 0 Å². The third kappa shape index (κ3) is 7.78. The Morgan fingerprint density at radius 1 is 1.39 bits per heavy atom. The summed E-state index contributed by atoms with van der Waals surface area (Å²) in [4.78, 5) is 11.8. The number of furan rings is 1. The van der Waals surface area contributed by atoms with Gasteiger partial charge in [0, 0.05) is 12.1 Å². The number of nitrogens with one attached hydrogen (secondary N) is 3. The molecule has 128 valence electrons. The highest BCUT2D eigenvalue weighted by Gasteiger charge is 2.14. The number of hydrazine groups is 1. The van der Waals surface area contributed by atoms with Gasteiger partial charge in [0.25, 0.3) is 5.91 Å². The summed E-state index contributed by atoms with van der Waals surface area (Å²) in [7, 11) is 0. The lowest BCUT2D eigenvalue weighted by Gasteiger charge is -2.15. The SMILES string of the molecule is C/C=C\C=C(\C(=O)NN)C(C)CNCCCNCc1ccco1. The first-order valence-electron chi connectivity index (χ1n) is 7.96. The number of allylic oxidation sites excluding steroid dienone is 3. The summed E-state index contributed by atoms with van der Waals surface area (Å²) in [6.07, 6.45) is 8.22. The molecule has 0 radical (unpaired) electrons. The Hall–Kier alpha value is -1.89. The summed E-state index contributed by atoms with van der Waals surface area (Å²) in [5.74, 6) is 6.02. The van der Waals surface area contributed by atoms with Crippen LogP contribution in [-0.2, 0) is 11.3 Å². The van der Waals surface area contributed by atoms with Gasteiger partial charge in [0.15, 0.2) is 0 Å². The molecular weight excluding hydrogens is 292 g/mol. The molecule has 0 spiro atoms. The van der Waals surface area contributed by atoms with Crippen molar-refractivity contribution >= 4 is 5.91 Å². The zero-order chi connectivity index (χ0) is 16.9. The smallest absolute Gasteiger partial charge is 0.261 e. The van der Waals surface area contributed by atoms with Crippen molar-refractivity contribution < 1.29 is 9.21 Å². The van der Waals surface area contributed by atoms with Crippen molar-refractivity contribution in [2.24, 2.45) is 11.8 Å². The molecule has 1 aromatic rings. The maximum Gasteiger partial charge on any atom is 0.261 e. The van der Waals surface area contributed by atoms with Crippen LogP contribution in [0, 0.1) is 5.92 Å². The van der Waals surface area contributed by atoms with E-state index in [9.17, 15) is 4.79 Å². The third-order valence-corrected chi connectivity index (χ3v) is 3.43. The van der Waals surface area contributed by atoms with E-state index in [1.165, 1.54) is 0 Å². The van der Waals surface area contributed by atoms with Crippen molar-refractivity contribution in [3.05, 3.63) is 48.0 Å². The lowest BCUT2D eigenvalue weighted by molar-refractivity contribution is -0.118. The fourth-order valence-corrected chi connectivity index (χ4v) is 2.14. The summed E-state index contributed by atoms with van der Waals surface area (Å²) in [6, 6.07) is 3.84.